The molecule has 148 valence electrons. The molecule has 1 saturated heterocycles. The molecule has 2 N–H and O–H groups in total. The minimum Gasteiger partial charge on any atom is -0.352 e. The lowest BCUT2D eigenvalue weighted by molar-refractivity contribution is -0.128. The van der Waals surface area contributed by atoms with E-state index < -0.39 is 17.8 Å². The molecule has 0 aliphatic carbocycles. The third-order valence-corrected chi connectivity index (χ3v) is 4.84. The molecule has 8 heteroatoms. The average molecular weight is 396 g/mol. The predicted octanol–water partition coefficient (Wildman–Crippen LogP) is 2.98. The van der Waals surface area contributed by atoms with E-state index in [9.17, 15) is 18.4 Å². The first-order valence-electron chi connectivity index (χ1n) is 9.11. The van der Waals surface area contributed by atoms with Crippen molar-refractivity contribution >= 4 is 11.8 Å². The first-order chi connectivity index (χ1) is 13.9. The Hall–Kier alpha value is -3.55. The van der Waals surface area contributed by atoms with Crippen LogP contribution in [0.2, 0.25) is 0 Å². The number of rotatable bonds is 3. The van der Waals surface area contributed by atoms with E-state index in [-0.39, 0.29) is 24.0 Å². The Bertz CT molecular complexity index is 1080. The monoisotopic (exact) mass is 396 g/mol. The number of carbonyl (C=O) groups is 2. The summed E-state index contributed by atoms with van der Waals surface area (Å²) in [5.74, 6) is -1.23. The van der Waals surface area contributed by atoms with Crippen molar-refractivity contribution in [2.75, 3.05) is 13.1 Å². The fourth-order valence-corrected chi connectivity index (χ4v) is 3.44. The van der Waals surface area contributed by atoms with Crippen LogP contribution in [-0.4, -0.2) is 39.8 Å². The molecule has 29 heavy (non-hydrogen) atoms. The van der Waals surface area contributed by atoms with Crippen LogP contribution in [-0.2, 0) is 4.79 Å². The molecule has 1 unspecified atom stereocenters. The zero-order chi connectivity index (χ0) is 20.5. The Morgan fingerprint density at radius 1 is 1.14 bits per heavy atom. The second-order valence-corrected chi connectivity index (χ2v) is 6.81. The first-order valence-corrected chi connectivity index (χ1v) is 9.11. The molecule has 1 aliphatic rings. The standard InChI is InChI=1S/C21H18F2N4O2/c1-12-17(26-19(25-12)13-5-7-15(22)8-6-13)21(29)27-10-9-24-20(28)18(27)14-3-2-4-16(23)11-14/h2-8,11,18H,9-10H2,1H3,(H,24,28)(H,25,26). The summed E-state index contributed by atoms with van der Waals surface area (Å²) in [6.07, 6.45) is 0. The summed E-state index contributed by atoms with van der Waals surface area (Å²) in [4.78, 5) is 34.6. The van der Waals surface area contributed by atoms with Gasteiger partial charge in [-0.1, -0.05) is 12.1 Å². The Morgan fingerprint density at radius 3 is 2.62 bits per heavy atom. The Labute approximate surface area is 165 Å². The van der Waals surface area contributed by atoms with E-state index in [2.05, 4.69) is 15.3 Å². The highest BCUT2D eigenvalue weighted by Gasteiger charge is 2.36. The van der Waals surface area contributed by atoms with Crippen LogP contribution < -0.4 is 5.32 Å². The normalized spacial score (nSPS) is 16.6. The number of amides is 2. The van der Waals surface area contributed by atoms with Gasteiger partial charge in [-0.15, -0.1) is 0 Å². The lowest BCUT2D eigenvalue weighted by Gasteiger charge is -2.35. The number of imidazole rings is 1. The zero-order valence-corrected chi connectivity index (χ0v) is 15.6. The molecule has 2 aromatic carbocycles. The van der Waals surface area contributed by atoms with E-state index in [0.29, 0.717) is 29.2 Å². The molecular formula is C21H18F2N4O2. The second-order valence-electron chi connectivity index (χ2n) is 6.81. The molecule has 1 atom stereocenters. The Morgan fingerprint density at radius 2 is 1.90 bits per heavy atom. The van der Waals surface area contributed by atoms with Crippen LogP contribution in [0, 0.1) is 18.6 Å². The van der Waals surface area contributed by atoms with Crippen LogP contribution in [0.3, 0.4) is 0 Å². The Kier molecular flexibility index (Phi) is 4.84. The first kappa shape index (κ1) is 18.8. The number of nitrogens with one attached hydrogen (secondary N) is 2. The fraction of sp³-hybridized carbons (Fsp3) is 0.190. The van der Waals surface area contributed by atoms with Crippen molar-refractivity contribution in [3.05, 3.63) is 77.1 Å². The van der Waals surface area contributed by atoms with E-state index in [4.69, 9.17) is 0 Å². The quantitative estimate of drug-likeness (QED) is 0.715. The maximum atomic E-state index is 13.7. The summed E-state index contributed by atoms with van der Waals surface area (Å²) in [6.45, 7) is 2.27. The van der Waals surface area contributed by atoms with Gasteiger partial charge in [-0.3, -0.25) is 9.59 Å². The summed E-state index contributed by atoms with van der Waals surface area (Å²) < 4.78 is 26.9. The molecule has 0 spiro atoms. The molecule has 4 rings (SSSR count). The van der Waals surface area contributed by atoms with Crippen LogP contribution in [0.1, 0.15) is 27.8 Å². The van der Waals surface area contributed by atoms with Crippen molar-refractivity contribution < 1.29 is 18.4 Å². The number of hydrogen-bond donors (Lipinski definition) is 2. The highest BCUT2D eigenvalue weighted by atomic mass is 19.1. The summed E-state index contributed by atoms with van der Waals surface area (Å²) in [5.41, 5.74) is 1.72. The number of nitrogens with zero attached hydrogens (tertiary/aromatic N) is 2. The lowest BCUT2D eigenvalue weighted by Crippen LogP contribution is -2.52. The molecule has 1 fully saturated rings. The minimum absolute atomic E-state index is 0.167. The molecule has 3 aromatic rings. The highest BCUT2D eigenvalue weighted by molar-refractivity contribution is 5.98. The largest absolute Gasteiger partial charge is 0.352 e. The van der Waals surface area contributed by atoms with Crippen LogP contribution in [0.15, 0.2) is 48.5 Å². The van der Waals surface area contributed by atoms with Gasteiger partial charge in [0.1, 0.15) is 29.2 Å². The number of aromatic amines is 1. The third kappa shape index (κ3) is 3.61. The topological polar surface area (TPSA) is 78.1 Å². The SMILES string of the molecule is Cc1[nH]c(-c2ccc(F)cc2)nc1C(=O)N1CCNC(=O)C1c1cccc(F)c1. The number of halogens is 2. The molecule has 2 heterocycles. The van der Waals surface area contributed by atoms with Gasteiger partial charge in [-0.2, -0.15) is 0 Å². The zero-order valence-electron chi connectivity index (χ0n) is 15.6. The van der Waals surface area contributed by atoms with E-state index >= 15 is 0 Å². The highest BCUT2D eigenvalue weighted by Crippen LogP contribution is 2.27. The summed E-state index contributed by atoms with van der Waals surface area (Å²) >= 11 is 0. The van der Waals surface area contributed by atoms with Gasteiger partial charge < -0.3 is 15.2 Å². The number of carbonyl (C=O) groups excluding carboxylic acids is 2. The van der Waals surface area contributed by atoms with Crippen molar-refractivity contribution in [3.63, 3.8) is 0 Å². The van der Waals surface area contributed by atoms with E-state index in [1.54, 1.807) is 25.1 Å². The molecule has 1 aromatic heterocycles. The van der Waals surface area contributed by atoms with Crippen LogP contribution in [0.25, 0.3) is 11.4 Å². The van der Waals surface area contributed by atoms with Crippen molar-refractivity contribution in [3.8, 4) is 11.4 Å². The van der Waals surface area contributed by atoms with Gasteiger partial charge in [-0.25, -0.2) is 13.8 Å². The second kappa shape index (κ2) is 7.46. The van der Waals surface area contributed by atoms with Crippen LogP contribution in [0.5, 0.6) is 0 Å². The van der Waals surface area contributed by atoms with E-state index in [1.807, 2.05) is 0 Å². The van der Waals surface area contributed by atoms with Gasteiger partial charge >= 0.3 is 0 Å². The summed E-state index contributed by atoms with van der Waals surface area (Å²) in [5, 5.41) is 2.72. The molecular weight excluding hydrogens is 378 g/mol. The Balaban J connectivity index is 1.69. The predicted molar refractivity (Wildman–Crippen MR) is 102 cm³/mol. The smallest absolute Gasteiger partial charge is 0.275 e. The van der Waals surface area contributed by atoms with E-state index in [1.165, 1.54) is 35.2 Å². The number of benzene rings is 2. The van der Waals surface area contributed by atoms with Gasteiger partial charge in [0.25, 0.3) is 5.91 Å². The molecule has 6 nitrogen and oxygen atoms in total. The average Bonchev–Trinajstić information content (AvgIpc) is 3.09. The van der Waals surface area contributed by atoms with Crippen molar-refractivity contribution in [2.24, 2.45) is 0 Å². The van der Waals surface area contributed by atoms with Crippen molar-refractivity contribution in [1.29, 1.82) is 0 Å². The van der Waals surface area contributed by atoms with Crippen LogP contribution >= 0.6 is 0 Å². The number of hydrogen-bond acceptors (Lipinski definition) is 3. The number of H-pyrrole nitrogens is 1. The van der Waals surface area contributed by atoms with Gasteiger partial charge in [0.2, 0.25) is 5.91 Å². The third-order valence-electron chi connectivity index (χ3n) is 4.84. The van der Waals surface area contributed by atoms with Gasteiger partial charge in [0.05, 0.1) is 0 Å². The summed E-state index contributed by atoms with van der Waals surface area (Å²) in [7, 11) is 0. The van der Waals surface area contributed by atoms with Gasteiger partial charge in [0, 0.05) is 24.3 Å². The van der Waals surface area contributed by atoms with Gasteiger partial charge in [0.15, 0.2) is 0 Å². The maximum Gasteiger partial charge on any atom is 0.275 e. The van der Waals surface area contributed by atoms with Crippen LogP contribution in [0.4, 0.5) is 8.78 Å². The van der Waals surface area contributed by atoms with Gasteiger partial charge in [-0.05, 0) is 48.9 Å². The lowest BCUT2D eigenvalue weighted by atomic mass is 10.0. The molecule has 0 radical (unpaired) electrons. The van der Waals surface area contributed by atoms with E-state index in [0.717, 1.165) is 0 Å². The van der Waals surface area contributed by atoms with Crippen molar-refractivity contribution in [2.45, 2.75) is 13.0 Å². The molecule has 0 saturated carbocycles. The minimum atomic E-state index is -0.947. The summed E-state index contributed by atoms with van der Waals surface area (Å²) in [6, 6.07) is 10.4. The molecule has 0 bridgehead atoms. The maximum absolute atomic E-state index is 13.7. The number of aryl methyl sites for hydroxylation is 1. The number of piperazine rings is 1. The number of aromatic nitrogens is 2. The molecule has 2 amide bonds. The molecule has 1 aliphatic heterocycles. The fourth-order valence-electron chi connectivity index (χ4n) is 3.44. The van der Waals surface area contributed by atoms with Crippen molar-refractivity contribution in [1.82, 2.24) is 20.2 Å².